The van der Waals surface area contributed by atoms with Crippen molar-refractivity contribution < 1.29 is 50.1 Å². The minimum absolute atomic E-state index is 0.174. The summed E-state index contributed by atoms with van der Waals surface area (Å²) in [7, 11) is 0. The summed E-state index contributed by atoms with van der Waals surface area (Å²) in [5.74, 6) is -2.16. The van der Waals surface area contributed by atoms with Gasteiger partial charge in [-0.3, -0.25) is 4.79 Å². The van der Waals surface area contributed by atoms with Crippen molar-refractivity contribution in [2.24, 2.45) is 5.92 Å². The highest BCUT2D eigenvalue weighted by Gasteiger charge is 2.30. The van der Waals surface area contributed by atoms with E-state index in [2.05, 4.69) is 0 Å². The number of carboxylic acid groups (broad SMARTS) is 1. The molecule has 7 N–H and O–H groups in total. The standard InChI is InChI=1S/C18H30O10/c1-10(12(20)7-15(23)24)5-3-4-6-11(2)18(27)28-9-14(22)17(26)16(25)13(21)8-19/h3-4,6,10,12-14,16-17,19-22,25-26H,5,7-9H2,1-2H3,(H,23,24)/b4-3+,11-6+/t10-,12+,13-,14-,16+,17-/m0/s1. The Kier molecular flexibility index (Phi) is 12.5. The first-order valence-corrected chi connectivity index (χ1v) is 8.74. The number of aliphatic hydroxyl groups is 6. The van der Waals surface area contributed by atoms with Crippen LogP contribution >= 0.6 is 0 Å². The average Bonchev–Trinajstić information content (AvgIpc) is 2.65. The molecule has 0 unspecified atom stereocenters. The second kappa shape index (κ2) is 13.4. The lowest BCUT2D eigenvalue weighted by atomic mass is 9.98. The van der Waals surface area contributed by atoms with E-state index < -0.39 is 55.7 Å². The molecule has 6 atom stereocenters. The second-order valence-electron chi connectivity index (χ2n) is 6.55. The van der Waals surface area contributed by atoms with Gasteiger partial charge in [-0.15, -0.1) is 0 Å². The quantitative estimate of drug-likeness (QED) is 0.106. The van der Waals surface area contributed by atoms with Gasteiger partial charge in [0.05, 0.1) is 19.1 Å². The van der Waals surface area contributed by atoms with E-state index in [1.165, 1.54) is 19.1 Å². The molecule has 0 saturated heterocycles. The molecule has 0 amide bonds. The van der Waals surface area contributed by atoms with Gasteiger partial charge in [0.15, 0.2) is 0 Å². The molecule has 0 aromatic heterocycles. The topological polar surface area (TPSA) is 185 Å². The van der Waals surface area contributed by atoms with Crippen LogP contribution in [0, 0.1) is 5.92 Å². The van der Waals surface area contributed by atoms with Crippen molar-refractivity contribution in [3.05, 3.63) is 23.8 Å². The Labute approximate surface area is 163 Å². The van der Waals surface area contributed by atoms with Gasteiger partial charge in [-0.1, -0.05) is 25.2 Å². The van der Waals surface area contributed by atoms with Crippen LogP contribution in [0.4, 0.5) is 0 Å². The highest BCUT2D eigenvalue weighted by atomic mass is 16.5. The van der Waals surface area contributed by atoms with Gasteiger partial charge < -0.3 is 40.5 Å². The number of ether oxygens (including phenoxy) is 1. The first-order chi connectivity index (χ1) is 13.0. The summed E-state index contributed by atoms with van der Waals surface area (Å²) in [6.07, 6.45) is -3.28. The number of esters is 1. The molecule has 10 heteroatoms. The summed E-state index contributed by atoms with van der Waals surface area (Å²) in [5, 5.41) is 64.9. The summed E-state index contributed by atoms with van der Waals surface area (Å²) in [6, 6.07) is 0. The molecule has 0 heterocycles. The Hall–Kier alpha value is -1.82. The highest BCUT2D eigenvalue weighted by Crippen LogP contribution is 2.12. The van der Waals surface area contributed by atoms with Crippen molar-refractivity contribution in [3.8, 4) is 0 Å². The Balaban J connectivity index is 4.45. The van der Waals surface area contributed by atoms with E-state index in [1.807, 2.05) is 0 Å². The fourth-order valence-electron chi connectivity index (χ4n) is 2.05. The van der Waals surface area contributed by atoms with Crippen LogP contribution in [0.25, 0.3) is 0 Å². The van der Waals surface area contributed by atoms with Crippen LogP contribution < -0.4 is 0 Å². The van der Waals surface area contributed by atoms with Gasteiger partial charge in [0.2, 0.25) is 0 Å². The molecule has 28 heavy (non-hydrogen) atoms. The predicted molar refractivity (Wildman–Crippen MR) is 97.0 cm³/mol. The summed E-state index contributed by atoms with van der Waals surface area (Å²) in [6.45, 7) is 1.69. The van der Waals surface area contributed by atoms with Gasteiger partial charge in [-0.25, -0.2) is 4.79 Å². The van der Waals surface area contributed by atoms with Crippen LogP contribution in [0.5, 0.6) is 0 Å². The maximum atomic E-state index is 11.8. The van der Waals surface area contributed by atoms with Gasteiger partial charge in [0, 0.05) is 5.57 Å². The first-order valence-electron chi connectivity index (χ1n) is 8.74. The van der Waals surface area contributed by atoms with Crippen molar-refractivity contribution >= 4 is 11.9 Å². The molecule has 0 saturated carbocycles. The zero-order valence-electron chi connectivity index (χ0n) is 15.9. The number of carbonyl (C=O) groups is 2. The van der Waals surface area contributed by atoms with Crippen LogP contribution in [0.2, 0.25) is 0 Å². The number of aliphatic hydroxyl groups excluding tert-OH is 6. The third kappa shape index (κ3) is 9.93. The van der Waals surface area contributed by atoms with Gasteiger partial charge >= 0.3 is 11.9 Å². The molecule has 0 aromatic carbocycles. The molecule has 0 fully saturated rings. The molecule has 0 spiro atoms. The number of hydrogen-bond donors (Lipinski definition) is 7. The second-order valence-corrected chi connectivity index (χ2v) is 6.55. The van der Waals surface area contributed by atoms with Gasteiger partial charge in [-0.2, -0.15) is 0 Å². The summed E-state index contributed by atoms with van der Waals surface area (Å²) in [4.78, 5) is 22.3. The molecular formula is C18H30O10. The number of aliphatic carboxylic acids is 1. The normalized spacial score (nSPS) is 18.9. The van der Waals surface area contributed by atoms with Crippen LogP contribution in [-0.4, -0.2) is 91.4 Å². The minimum Gasteiger partial charge on any atom is -0.481 e. The van der Waals surface area contributed by atoms with E-state index in [0.29, 0.717) is 6.42 Å². The molecular weight excluding hydrogens is 376 g/mol. The van der Waals surface area contributed by atoms with E-state index in [9.17, 15) is 35.1 Å². The average molecular weight is 406 g/mol. The Bertz CT molecular complexity index is 544. The summed E-state index contributed by atoms with van der Waals surface area (Å²) >= 11 is 0. The highest BCUT2D eigenvalue weighted by molar-refractivity contribution is 5.88. The lowest BCUT2D eigenvalue weighted by Gasteiger charge is -2.25. The smallest absolute Gasteiger partial charge is 0.333 e. The molecule has 0 radical (unpaired) electrons. The molecule has 0 aliphatic rings. The van der Waals surface area contributed by atoms with Gasteiger partial charge in [-0.05, 0) is 19.3 Å². The maximum absolute atomic E-state index is 11.8. The molecule has 0 bridgehead atoms. The number of allylic oxidation sites excluding steroid dienone is 3. The summed E-state index contributed by atoms with van der Waals surface area (Å²) in [5.41, 5.74) is 0.174. The van der Waals surface area contributed by atoms with Gasteiger partial charge in [0.25, 0.3) is 0 Å². The number of carboxylic acids is 1. The Morgan fingerprint density at radius 1 is 1.00 bits per heavy atom. The third-order valence-corrected chi connectivity index (χ3v) is 4.06. The molecule has 162 valence electrons. The first kappa shape index (κ1) is 26.2. The Morgan fingerprint density at radius 3 is 2.11 bits per heavy atom. The fourth-order valence-corrected chi connectivity index (χ4v) is 2.05. The van der Waals surface area contributed by atoms with Crippen molar-refractivity contribution in [3.63, 3.8) is 0 Å². The van der Waals surface area contributed by atoms with E-state index in [1.54, 1.807) is 13.0 Å². The molecule has 0 rings (SSSR count). The number of carbonyl (C=O) groups excluding carboxylic acids is 1. The monoisotopic (exact) mass is 406 g/mol. The largest absolute Gasteiger partial charge is 0.481 e. The molecule has 10 nitrogen and oxygen atoms in total. The lowest BCUT2D eigenvalue weighted by molar-refractivity contribution is -0.152. The number of rotatable bonds is 13. The molecule has 0 aliphatic carbocycles. The summed E-state index contributed by atoms with van der Waals surface area (Å²) < 4.78 is 4.80. The van der Waals surface area contributed by atoms with Crippen LogP contribution in [0.3, 0.4) is 0 Å². The SMILES string of the molecule is C/C(=C\C=C\C[C@H](C)[C@H](O)CC(=O)O)C(=O)OC[C@H](O)[C@H](O)[C@H](O)[C@@H](O)CO. The van der Waals surface area contributed by atoms with E-state index in [4.69, 9.17) is 14.9 Å². The zero-order chi connectivity index (χ0) is 21.9. The molecule has 0 aliphatic heterocycles. The van der Waals surface area contributed by atoms with Crippen LogP contribution in [0.15, 0.2) is 23.8 Å². The van der Waals surface area contributed by atoms with Crippen LogP contribution in [-0.2, 0) is 14.3 Å². The maximum Gasteiger partial charge on any atom is 0.333 e. The Morgan fingerprint density at radius 2 is 1.57 bits per heavy atom. The van der Waals surface area contributed by atoms with Crippen molar-refractivity contribution in [1.29, 1.82) is 0 Å². The zero-order valence-corrected chi connectivity index (χ0v) is 15.9. The minimum atomic E-state index is -1.82. The van der Waals surface area contributed by atoms with Gasteiger partial charge in [0.1, 0.15) is 31.0 Å². The van der Waals surface area contributed by atoms with E-state index in [-0.39, 0.29) is 17.9 Å². The fraction of sp³-hybridized carbons (Fsp3) is 0.667. The van der Waals surface area contributed by atoms with E-state index >= 15 is 0 Å². The number of hydrogen-bond acceptors (Lipinski definition) is 9. The molecule has 0 aromatic rings. The van der Waals surface area contributed by atoms with Crippen molar-refractivity contribution in [2.45, 2.75) is 57.2 Å². The third-order valence-electron chi connectivity index (χ3n) is 4.06. The predicted octanol–water partition coefficient (Wildman–Crippen LogP) is -1.67. The van der Waals surface area contributed by atoms with Crippen LogP contribution in [0.1, 0.15) is 26.7 Å². The van der Waals surface area contributed by atoms with E-state index in [0.717, 1.165) is 0 Å². The van der Waals surface area contributed by atoms with Crippen molar-refractivity contribution in [1.82, 2.24) is 0 Å². The van der Waals surface area contributed by atoms with Crippen molar-refractivity contribution in [2.75, 3.05) is 13.2 Å². The lowest BCUT2D eigenvalue weighted by Crippen LogP contribution is -2.47.